The minimum atomic E-state index is -0.339. The number of fused-ring (bicyclic) bond motifs is 1. The molecule has 1 spiro atoms. The molecule has 80 valence electrons. The summed E-state index contributed by atoms with van der Waals surface area (Å²) < 4.78 is 6.02. The summed E-state index contributed by atoms with van der Waals surface area (Å²) in [5, 5.41) is 10.1. The van der Waals surface area contributed by atoms with E-state index in [2.05, 4.69) is 0 Å². The molecule has 2 nitrogen and oxygen atoms in total. The Balaban J connectivity index is 2.01. The van der Waals surface area contributed by atoms with Crippen molar-refractivity contribution in [1.29, 1.82) is 0 Å². The zero-order valence-corrected chi connectivity index (χ0v) is 8.99. The van der Waals surface area contributed by atoms with E-state index in [0.717, 1.165) is 30.6 Å². The molecule has 1 saturated carbocycles. The standard InChI is InChI=1S/C13H16O2/c1-9-3-4-12-10(7-9)11(14)8-13(15-12)5-2-6-13/h3-4,7,11,14H,2,5-6,8H2,1H3/t11-/m0/s1. The molecule has 15 heavy (non-hydrogen) atoms. The van der Waals surface area contributed by atoms with E-state index in [1.165, 1.54) is 12.0 Å². The van der Waals surface area contributed by atoms with Gasteiger partial charge in [0.1, 0.15) is 11.4 Å². The predicted molar refractivity (Wildman–Crippen MR) is 58.0 cm³/mol. The zero-order chi connectivity index (χ0) is 10.5. The molecule has 1 fully saturated rings. The fourth-order valence-electron chi connectivity index (χ4n) is 2.64. The monoisotopic (exact) mass is 204 g/mol. The van der Waals surface area contributed by atoms with Crippen LogP contribution in [0.15, 0.2) is 18.2 Å². The molecule has 0 bridgehead atoms. The van der Waals surface area contributed by atoms with E-state index in [-0.39, 0.29) is 11.7 Å². The Kier molecular flexibility index (Phi) is 1.84. The summed E-state index contributed by atoms with van der Waals surface area (Å²) in [7, 11) is 0. The van der Waals surface area contributed by atoms with Crippen molar-refractivity contribution in [1.82, 2.24) is 0 Å². The van der Waals surface area contributed by atoms with Gasteiger partial charge in [-0.15, -0.1) is 0 Å². The topological polar surface area (TPSA) is 29.5 Å². The van der Waals surface area contributed by atoms with Crippen molar-refractivity contribution in [3.8, 4) is 5.75 Å². The smallest absolute Gasteiger partial charge is 0.125 e. The molecule has 0 unspecified atom stereocenters. The lowest BCUT2D eigenvalue weighted by atomic mass is 9.73. The third-order valence-corrected chi connectivity index (χ3v) is 3.68. The van der Waals surface area contributed by atoms with Crippen LogP contribution in [0.5, 0.6) is 5.75 Å². The first kappa shape index (κ1) is 9.22. The van der Waals surface area contributed by atoms with Crippen LogP contribution < -0.4 is 4.74 Å². The Morgan fingerprint density at radius 2 is 2.20 bits per heavy atom. The van der Waals surface area contributed by atoms with Crippen molar-refractivity contribution < 1.29 is 9.84 Å². The van der Waals surface area contributed by atoms with Gasteiger partial charge >= 0.3 is 0 Å². The minimum absolute atomic E-state index is 0.0400. The van der Waals surface area contributed by atoms with Crippen LogP contribution in [0, 0.1) is 6.92 Å². The number of hydrogen-bond acceptors (Lipinski definition) is 2. The van der Waals surface area contributed by atoms with Crippen LogP contribution in [0.25, 0.3) is 0 Å². The van der Waals surface area contributed by atoms with E-state index < -0.39 is 0 Å². The van der Waals surface area contributed by atoms with Crippen LogP contribution in [0.1, 0.15) is 42.9 Å². The molecule has 0 amide bonds. The Hall–Kier alpha value is -1.02. The second-order valence-electron chi connectivity index (χ2n) is 4.90. The second-order valence-corrected chi connectivity index (χ2v) is 4.90. The van der Waals surface area contributed by atoms with Gasteiger partial charge in [0.2, 0.25) is 0 Å². The van der Waals surface area contributed by atoms with E-state index in [1.807, 2.05) is 25.1 Å². The number of hydrogen-bond donors (Lipinski definition) is 1. The molecule has 1 aliphatic heterocycles. The van der Waals surface area contributed by atoms with E-state index in [4.69, 9.17) is 4.74 Å². The van der Waals surface area contributed by atoms with Crippen molar-refractivity contribution in [2.45, 2.75) is 44.3 Å². The van der Waals surface area contributed by atoms with E-state index in [9.17, 15) is 5.11 Å². The van der Waals surface area contributed by atoms with Crippen LogP contribution in [0.3, 0.4) is 0 Å². The Labute approximate surface area is 89.9 Å². The zero-order valence-electron chi connectivity index (χ0n) is 8.99. The van der Waals surface area contributed by atoms with E-state index >= 15 is 0 Å². The van der Waals surface area contributed by atoms with Crippen LogP contribution in [-0.4, -0.2) is 10.7 Å². The van der Waals surface area contributed by atoms with Crippen molar-refractivity contribution in [3.63, 3.8) is 0 Å². The molecular formula is C13H16O2. The van der Waals surface area contributed by atoms with Crippen LogP contribution in [-0.2, 0) is 0 Å². The van der Waals surface area contributed by atoms with Gasteiger partial charge in [-0.25, -0.2) is 0 Å². The molecule has 3 rings (SSSR count). The molecule has 0 saturated heterocycles. The van der Waals surface area contributed by atoms with Gasteiger partial charge in [-0.1, -0.05) is 11.6 Å². The lowest BCUT2D eigenvalue weighted by Crippen LogP contribution is -2.46. The van der Waals surface area contributed by atoms with Crippen molar-refractivity contribution in [3.05, 3.63) is 29.3 Å². The normalized spacial score (nSPS) is 26.7. The molecule has 1 aromatic carbocycles. The number of aliphatic hydroxyl groups excluding tert-OH is 1. The fraction of sp³-hybridized carbons (Fsp3) is 0.538. The number of aryl methyl sites for hydroxylation is 1. The molecule has 1 aromatic rings. The first-order chi connectivity index (χ1) is 7.19. The number of benzene rings is 1. The lowest BCUT2D eigenvalue weighted by Gasteiger charge is -2.46. The average molecular weight is 204 g/mol. The van der Waals surface area contributed by atoms with Gasteiger partial charge in [0.05, 0.1) is 6.10 Å². The third-order valence-electron chi connectivity index (χ3n) is 3.68. The lowest BCUT2D eigenvalue weighted by molar-refractivity contribution is -0.0663. The summed E-state index contributed by atoms with van der Waals surface area (Å²) in [4.78, 5) is 0. The van der Waals surface area contributed by atoms with Crippen LogP contribution in [0.2, 0.25) is 0 Å². The van der Waals surface area contributed by atoms with Gasteiger partial charge in [-0.3, -0.25) is 0 Å². The summed E-state index contributed by atoms with van der Waals surface area (Å²) in [6, 6.07) is 6.07. The number of aliphatic hydroxyl groups is 1. The van der Waals surface area contributed by atoms with Crippen LogP contribution in [0.4, 0.5) is 0 Å². The second kappa shape index (κ2) is 2.99. The molecule has 1 heterocycles. The van der Waals surface area contributed by atoms with Crippen molar-refractivity contribution in [2.75, 3.05) is 0 Å². The van der Waals surface area contributed by atoms with Crippen molar-refractivity contribution >= 4 is 0 Å². The molecule has 0 radical (unpaired) electrons. The first-order valence-corrected chi connectivity index (χ1v) is 5.66. The highest BCUT2D eigenvalue weighted by Crippen LogP contribution is 2.48. The summed E-state index contributed by atoms with van der Waals surface area (Å²) in [6.07, 6.45) is 3.85. The SMILES string of the molecule is Cc1ccc2c(c1)[C@@H](O)CC1(CCC1)O2. The molecule has 1 aliphatic carbocycles. The minimum Gasteiger partial charge on any atom is -0.487 e. The summed E-state index contributed by atoms with van der Waals surface area (Å²) in [5.41, 5.74) is 2.11. The Bertz CT molecular complexity index is 394. The molecule has 2 aliphatic rings. The van der Waals surface area contributed by atoms with Crippen molar-refractivity contribution in [2.24, 2.45) is 0 Å². The van der Waals surface area contributed by atoms with Gasteiger partial charge in [0, 0.05) is 12.0 Å². The summed E-state index contributed by atoms with van der Waals surface area (Å²) in [5.74, 6) is 0.888. The number of rotatable bonds is 0. The van der Waals surface area contributed by atoms with Gasteiger partial charge in [0.15, 0.2) is 0 Å². The fourth-order valence-corrected chi connectivity index (χ4v) is 2.64. The number of ether oxygens (including phenoxy) is 1. The van der Waals surface area contributed by atoms with Gasteiger partial charge in [-0.2, -0.15) is 0 Å². The maximum absolute atomic E-state index is 10.1. The predicted octanol–water partition coefficient (Wildman–Crippen LogP) is 2.73. The maximum atomic E-state index is 10.1. The van der Waals surface area contributed by atoms with Gasteiger partial charge < -0.3 is 9.84 Å². The molecule has 2 heteroatoms. The highest BCUT2D eigenvalue weighted by Gasteiger charge is 2.45. The summed E-state index contributed by atoms with van der Waals surface area (Å²) >= 11 is 0. The van der Waals surface area contributed by atoms with Gasteiger partial charge in [0.25, 0.3) is 0 Å². The largest absolute Gasteiger partial charge is 0.487 e. The third kappa shape index (κ3) is 1.36. The Morgan fingerprint density at radius 3 is 2.87 bits per heavy atom. The molecule has 1 N–H and O–H groups in total. The molecular weight excluding hydrogens is 188 g/mol. The maximum Gasteiger partial charge on any atom is 0.125 e. The quantitative estimate of drug-likeness (QED) is 0.704. The highest BCUT2D eigenvalue weighted by molar-refractivity contribution is 5.41. The molecule has 0 aromatic heterocycles. The van der Waals surface area contributed by atoms with E-state index in [0.29, 0.717) is 0 Å². The first-order valence-electron chi connectivity index (χ1n) is 5.66. The Morgan fingerprint density at radius 1 is 1.40 bits per heavy atom. The van der Waals surface area contributed by atoms with Crippen LogP contribution >= 0.6 is 0 Å². The van der Waals surface area contributed by atoms with Gasteiger partial charge in [-0.05, 0) is 38.3 Å². The summed E-state index contributed by atoms with van der Waals surface area (Å²) in [6.45, 7) is 2.04. The highest BCUT2D eigenvalue weighted by atomic mass is 16.5. The molecule has 1 atom stereocenters. The average Bonchev–Trinajstić information content (AvgIpc) is 2.16. The van der Waals surface area contributed by atoms with E-state index in [1.54, 1.807) is 0 Å².